The zero-order chi connectivity index (χ0) is 17.9. The molecule has 0 radical (unpaired) electrons. The van der Waals surface area contributed by atoms with Crippen LogP contribution in [-0.4, -0.2) is 37.1 Å². The van der Waals surface area contributed by atoms with E-state index < -0.39 is 0 Å². The molecule has 0 spiro atoms. The Morgan fingerprint density at radius 1 is 1.16 bits per heavy atom. The number of carbonyl (C=O) groups excluding carboxylic acids is 1. The van der Waals surface area contributed by atoms with Crippen molar-refractivity contribution in [3.05, 3.63) is 24.3 Å². The molecule has 140 valence electrons. The maximum atomic E-state index is 12.0. The predicted molar refractivity (Wildman–Crippen MR) is 101 cm³/mol. The number of piperidine rings is 1. The molecule has 1 aliphatic heterocycles. The standard InChI is InChI=1S/C21H33NO3/c1-3-4-5-6-14-21(23)25-20-13-8-7-12-19(20)24-17-15-18-11-9-10-16-22(18)2/h7-8,12-13,18H,3-6,9-11,14-17H2,1-2H3. The number of ether oxygens (including phenoxy) is 2. The lowest BCUT2D eigenvalue weighted by molar-refractivity contribution is -0.134. The fourth-order valence-electron chi connectivity index (χ4n) is 3.34. The largest absolute Gasteiger partial charge is 0.490 e. The molecule has 0 aromatic heterocycles. The van der Waals surface area contributed by atoms with Crippen molar-refractivity contribution in [1.29, 1.82) is 0 Å². The van der Waals surface area contributed by atoms with Gasteiger partial charge in [0.15, 0.2) is 11.5 Å². The van der Waals surface area contributed by atoms with Crippen molar-refractivity contribution in [2.75, 3.05) is 20.2 Å². The molecule has 2 rings (SSSR count). The monoisotopic (exact) mass is 347 g/mol. The highest BCUT2D eigenvalue weighted by molar-refractivity contribution is 5.73. The van der Waals surface area contributed by atoms with Crippen LogP contribution in [-0.2, 0) is 4.79 Å². The van der Waals surface area contributed by atoms with Gasteiger partial charge in [-0.3, -0.25) is 4.79 Å². The average molecular weight is 347 g/mol. The second-order valence-corrected chi connectivity index (χ2v) is 7.00. The average Bonchev–Trinajstić information content (AvgIpc) is 2.62. The maximum Gasteiger partial charge on any atom is 0.311 e. The van der Waals surface area contributed by atoms with E-state index in [0.717, 1.165) is 19.3 Å². The summed E-state index contributed by atoms with van der Waals surface area (Å²) >= 11 is 0. The fourth-order valence-corrected chi connectivity index (χ4v) is 3.34. The Kier molecular flexibility index (Phi) is 8.81. The number of nitrogens with zero attached hydrogens (tertiary/aromatic N) is 1. The minimum Gasteiger partial charge on any atom is -0.490 e. The fraction of sp³-hybridized carbons (Fsp3) is 0.667. The second kappa shape index (κ2) is 11.1. The molecule has 25 heavy (non-hydrogen) atoms. The third kappa shape index (κ3) is 7.07. The Morgan fingerprint density at radius 2 is 1.96 bits per heavy atom. The van der Waals surface area contributed by atoms with Gasteiger partial charge in [-0.15, -0.1) is 0 Å². The van der Waals surface area contributed by atoms with Crippen molar-refractivity contribution < 1.29 is 14.3 Å². The lowest BCUT2D eigenvalue weighted by atomic mass is 10.0. The van der Waals surface area contributed by atoms with Crippen molar-refractivity contribution in [3.63, 3.8) is 0 Å². The first kappa shape index (κ1) is 19.8. The molecule has 1 aromatic rings. The summed E-state index contributed by atoms with van der Waals surface area (Å²) < 4.78 is 11.4. The lowest BCUT2D eigenvalue weighted by Gasteiger charge is -2.32. The summed E-state index contributed by atoms with van der Waals surface area (Å²) in [6, 6.07) is 8.08. The molecule has 1 aliphatic rings. The quantitative estimate of drug-likeness (QED) is 0.346. The maximum absolute atomic E-state index is 12.0. The normalized spacial score (nSPS) is 18.1. The summed E-state index contributed by atoms with van der Waals surface area (Å²) in [6.45, 7) is 3.99. The summed E-state index contributed by atoms with van der Waals surface area (Å²) in [6.07, 6.45) is 9.64. The van der Waals surface area contributed by atoms with Gasteiger partial charge in [-0.2, -0.15) is 0 Å². The van der Waals surface area contributed by atoms with E-state index in [1.807, 2.05) is 24.3 Å². The Hall–Kier alpha value is -1.55. The van der Waals surface area contributed by atoms with Gasteiger partial charge in [-0.25, -0.2) is 0 Å². The Balaban J connectivity index is 1.78. The van der Waals surface area contributed by atoms with Gasteiger partial charge in [0.1, 0.15) is 0 Å². The third-order valence-corrected chi connectivity index (χ3v) is 4.94. The molecule has 0 saturated carbocycles. The van der Waals surface area contributed by atoms with Crippen molar-refractivity contribution in [2.45, 2.75) is 70.8 Å². The topological polar surface area (TPSA) is 38.8 Å². The molecule has 0 N–H and O–H groups in total. The van der Waals surface area contributed by atoms with E-state index in [9.17, 15) is 4.79 Å². The van der Waals surface area contributed by atoms with Crippen LogP contribution in [0.15, 0.2) is 24.3 Å². The molecule has 0 bridgehead atoms. The van der Waals surface area contributed by atoms with Gasteiger partial charge in [0.25, 0.3) is 0 Å². The molecule has 0 aliphatic carbocycles. The molecule has 1 unspecified atom stereocenters. The number of hydrogen-bond acceptors (Lipinski definition) is 4. The number of esters is 1. The number of likely N-dealkylation sites (tertiary alicyclic amines) is 1. The van der Waals surface area contributed by atoms with Gasteiger partial charge in [-0.05, 0) is 51.4 Å². The van der Waals surface area contributed by atoms with E-state index in [-0.39, 0.29) is 5.97 Å². The van der Waals surface area contributed by atoms with Crippen molar-refractivity contribution >= 4 is 5.97 Å². The first-order valence-corrected chi connectivity index (χ1v) is 9.83. The zero-order valence-electron chi connectivity index (χ0n) is 15.8. The highest BCUT2D eigenvalue weighted by atomic mass is 16.6. The van der Waals surface area contributed by atoms with Gasteiger partial charge in [0.2, 0.25) is 0 Å². The Bertz CT molecular complexity index is 518. The summed E-state index contributed by atoms with van der Waals surface area (Å²) in [5, 5.41) is 0. The van der Waals surface area contributed by atoms with E-state index >= 15 is 0 Å². The van der Waals surface area contributed by atoms with Crippen LogP contribution in [0.1, 0.15) is 64.7 Å². The molecule has 1 fully saturated rings. The van der Waals surface area contributed by atoms with E-state index in [1.54, 1.807) is 0 Å². The van der Waals surface area contributed by atoms with Gasteiger partial charge >= 0.3 is 5.97 Å². The van der Waals surface area contributed by atoms with E-state index in [0.29, 0.717) is 30.6 Å². The lowest BCUT2D eigenvalue weighted by Crippen LogP contribution is -2.37. The summed E-state index contributed by atoms with van der Waals surface area (Å²) in [5.74, 6) is 1.04. The summed E-state index contributed by atoms with van der Waals surface area (Å²) in [4.78, 5) is 14.4. The van der Waals surface area contributed by atoms with Gasteiger partial charge in [-0.1, -0.05) is 44.7 Å². The molecule has 1 atom stereocenters. The van der Waals surface area contributed by atoms with Crippen molar-refractivity contribution in [2.24, 2.45) is 0 Å². The molecule has 4 nitrogen and oxygen atoms in total. The van der Waals surface area contributed by atoms with Crippen LogP contribution < -0.4 is 9.47 Å². The number of carbonyl (C=O) groups is 1. The SMILES string of the molecule is CCCCCCC(=O)Oc1ccccc1OCCC1CCCCN1C. The summed E-state index contributed by atoms with van der Waals surface area (Å²) in [7, 11) is 2.19. The van der Waals surface area contributed by atoms with Crippen LogP contribution in [0, 0.1) is 0 Å². The minimum atomic E-state index is -0.167. The minimum absolute atomic E-state index is 0.167. The third-order valence-electron chi connectivity index (χ3n) is 4.94. The first-order valence-electron chi connectivity index (χ1n) is 9.83. The van der Waals surface area contributed by atoms with E-state index in [2.05, 4.69) is 18.9 Å². The van der Waals surface area contributed by atoms with Crippen LogP contribution in [0.25, 0.3) is 0 Å². The molecule has 0 amide bonds. The summed E-state index contributed by atoms with van der Waals surface area (Å²) in [5.41, 5.74) is 0. The van der Waals surface area contributed by atoms with Crippen LogP contribution >= 0.6 is 0 Å². The van der Waals surface area contributed by atoms with Crippen LogP contribution in [0.3, 0.4) is 0 Å². The number of hydrogen-bond donors (Lipinski definition) is 0. The van der Waals surface area contributed by atoms with Crippen LogP contribution in [0.5, 0.6) is 11.5 Å². The van der Waals surface area contributed by atoms with Crippen molar-refractivity contribution in [1.82, 2.24) is 4.90 Å². The molecule has 4 heteroatoms. The molecular formula is C21H33NO3. The number of rotatable bonds is 10. The molecule has 1 saturated heterocycles. The van der Waals surface area contributed by atoms with Gasteiger partial charge in [0.05, 0.1) is 6.61 Å². The van der Waals surface area contributed by atoms with Gasteiger partial charge in [0, 0.05) is 12.5 Å². The van der Waals surface area contributed by atoms with Gasteiger partial charge < -0.3 is 14.4 Å². The smallest absolute Gasteiger partial charge is 0.311 e. The Morgan fingerprint density at radius 3 is 2.72 bits per heavy atom. The second-order valence-electron chi connectivity index (χ2n) is 7.00. The first-order chi connectivity index (χ1) is 12.2. The number of benzene rings is 1. The zero-order valence-corrected chi connectivity index (χ0v) is 15.8. The molecule has 1 aromatic carbocycles. The molecule has 1 heterocycles. The van der Waals surface area contributed by atoms with E-state index in [1.165, 1.54) is 38.6 Å². The van der Waals surface area contributed by atoms with Crippen LogP contribution in [0.4, 0.5) is 0 Å². The number of para-hydroxylation sites is 2. The number of unbranched alkanes of at least 4 members (excludes halogenated alkanes) is 3. The predicted octanol–water partition coefficient (Wildman–Crippen LogP) is 4.82. The molecular weight excluding hydrogens is 314 g/mol. The Labute approximate surface area is 152 Å². The van der Waals surface area contributed by atoms with Crippen LogP contribution in [0.2, 0.25) is 0 Å². The van der Waals surface area contributed by atoms with Crippen molar-refractivity contribution in [3.8, 4) is 11.5 Å². The highest BCUT2D eigenvalue weighted by Crippen LogP contribution is 2.28. The highest BCUT2D eigenvalue weighted by Gasteiger charge is 2.19. The van der Waals surface area contributed by atoms with E-state index in [4.69, 9.17) is 9.47 Å².